The van der Waals surface area contributed by atoms with Crippen LogP contribution >= 0.6 is 11.3 Å². The molecule has 4 aromatic rings. The van der Waals surface area contributed by atoms with Crippen LogP contribution in [0.25, 0.3) is 32.5 Å². The first-order valence-corrected chi connectivity index (χ1v) is 13.6. The summed E-state index contributed by atoms with van der Waals surface area (Å²) in [4.78, 5) is 45.6. The van der Waals surface area contributed by atoms with E-state index in [9.17, 15) is 14.4 Å². The number of rotatable bonds is 6. The van der Waals surface area contributed by atoms with Crippen LogP contribution in [0.4, 0.5) is 10.6 Å². The number of benzene rings is 2. The van der Waals surface area contributed by atoms with Gasteiger partial charge in [0.1, 0.15) is 21.3 Å². The molecule has 0 unspecified atom stereocenters. The van der Waals surface area contributed by atoms with E-state index in [1.165, 1.54) is 16.2 Å². The van der Waals surface area contributed by atoms with Crippen LogP contribution in [0.5, 0.6) is 0 Å². The number of carbonyl (C=O) groups is 2. The lowest BCUT2D eigenvalue weighted by Crippen LogP contribution is -2.38. The molecule has 0 aliphatic heterocycles. The maximum absolute atomic E-state index is 14.0. The largest absolute Gasteiger partial charge is 0.443 e. The van der Waals surface area contributed by atoms with Crippen molar-refractivity contribution in [3.05, 3.63) is 69.5 Å². The highest BCUT2D eigenvalue weighted by Gasteiger charge is 2.28. The number of thiazole rings is 1. The highest BCUT2D eigenvalue weighted by atomic mass is 32.1. The summed E-state index contributed by atoms with van der Waals surface area (Å²) in [6.45, 7) is 11.6. The number of hydrogen-bond acceptors (Lipinski definition) is 6. The van der Waals surface area contributed by atoms with Gasteiger partial charge in [-0.2, -0.15) is 0 Å². The van der Waals surface area contributed by atoms with E-state index in [1.807, 2.05) is 56.3 Å². The van der Waals surface area contributed by atoms with Crippen LogP contribution in [0.2, 0.25) is 0 Å². The third kappa shape index (κ3) is 5.73. The van der Waals surface area contributed by atoms with Gasteiger partial charge in [-0.15, -0.1) is 11.3 Å². The summed E-state index contributed by atoms with van der Waals surface area (Å²) < 4.78 is 7.37. The SMILES string of the molecule is Cc1nc(-c2ccc3c(=O)n(CC(C)C)c(N(C)C(=O)OC(C)(C)C)c(-c4ccccc4)c3c2)sc1C(N)=O. The van der Waals surface area contributed by atoms with E-state index in [-0.39, 0.29) is 11.5 Å². The van der Waals surface area contributed by atoms with Crippen LogP contribution in [0.3, 0.4) is 0 Å². The normalized spacial score (nSPS) is 11.7. The van der Waals surface area contributed by atoms with E-state index in [1.54, 1.807) is 45.4 Å². The minimum atomic E-state index is -0.716. The van der Waals surface area contributed by atoms with E-state index < -0.39 is 17.6 Å². The number of anilines is 1. The van der Waals surface area contributed by atoms with Gasteiger partial charge in [-0.05, 0) is 56.7 Å². The molecule has 39 heavy (non-hydrogen) atoms. The summed E-state index contributed by atoms with van der Waals surface area (Å²) >= 11 is 1.21. The Bertz CT molecular complexity index is 1610. The maximum Gasteiger partial charge on any atom is 0.415 e. The van der Waals surface area contributed by atoms with Crippen LogP contribution in [0.1, 0.15) is 50.0 Å². The zero-order valence-corrected chi connectivity index (χ0v) is 24.2. The third-order valence-corrected chi connectivity index (χ3v) is 7.33. The fourth-order valence-corrected chi connectivity index (χ4v) is 5.42. The monoisotopic (exact) mass is 546 g/mol. The van der Waals surface area contributed by atoms with Gasteiger partial charge in [-0.3, -0.25) is 19.1 Å². The molecule has 0 bridgehead atoms. The molecule has 2 aromatic carbocycles. The lowest BCUT2D eigenvalue weighted by molar-refractivity contribution is 0.0586. The second-order valence-corrected chi connectivity index (χ2v) is 12.0. The Hall–Kier alpha value is -3.98. The summed E-state index contributed by atoms with van der Waals surface area (Å²) in [5, 5.41) is 1.81. The van der Waals surface area contributed by atoms with Crippen molar-refractivity contribution >= 4 is 39.9 Å². The van der Waals surface area contributed by atoms with Gasteiger partial charge in [0.15, 0.2) is 0 Å². The molecule has 0 radical (unpaired) electrons. The van der Waals surface area contributed by atoms with E-state index >= 15 is 0 Å². The number of fused-ring (bicyclic) bond motifs is 1. The van der Waals surface area contributed by atoms with Gasteiger partial charge < -0.3 is 10.5 Å². The molecule has 8 nitrogen and oxygen atoms in total. The fourth-order valence-electron chi connectivity index (χ4n) is 4.51. The van der Waals surface area contributed by atoms with Gasteiger partial charge in [0, 0.05) is 30.1 Å². The smallest absolute Gasteiger partial charge is 0.415 e. The lowest BCUT2D eigenvalue weighted by Gasteiger charge is -2.29. The van der Waals surface area contributed by atoms with Crippen molar-refractivity contribution in [2.24, 2.45) is 11.7 Å². The van der Waals surface area contributed by atoms with E-state index in [4.69, 9.17) is 10.5 Å². The third-order valence-electron chi connectivity index (χ3n) is 6.11. The van der Waals surface area contributed by atoms with Crippen LogP contribution in [0, 0.1) is 12.8 Å². The fraction of sp³-hybridized carbons (Fsp3) is 0.333. The highest BCUT2D eigenvalue weighted by molar-refractivity contribution is 7.17. The molecule has 2 N–H and O–H groups in total. The van der Waals surface area contributed by atoms with Gasteiger partial charge in [0.2, 0.25) is 0 Å². The Morgan fingerprint density at radius 2 is 1.74 bits per heavy atom. The molecular formula is C30H34N4O4S. The first-order valence-electron chi connectivity index (χ1n) is 12.8. The van der Waals surface area contributed by atoms with Crippen LogP contribution in [-0.4, -0.2) is 34.2 Å². The molecule has 2 aromatic heterocycles. The minimum absolute atomic E-state index is 0.138. The lowest BCUT2D eigenvalue weighted by atomic mass is 9.96. The van der Waals surface area contributed by atoms with E-state index in [2.05, 4.69) is 4.98 Å². The van der Waals surface area contributed by atoms with E-state index in [0.717, 1.165) is 16.7 Å². The molecule has 0 atom stereocenters. The highest BCUT2D eigenvalue weighted by Crippen LogP contribution is 2.39. The molecule has 0 spiro atoms. The Balaban J connectivity index is 2.10. The van der Waals surface area contributed by atoms with Crippen molar-refractivity contribution in [1.82, 2.24) is 9.55 Å². The summed E-state index contributed by atoms with van der Waals surface area (Å²) in [7, 11) is 1.63. The Morgan fingerprint density at radius 3 is 2.31 bits per heavy atom. The molecule has 0 aliphatic carbocycles. The molecule has 0 aliphatic rings. The second-order valence-electron chi connectivity index (χ2n) is 11.0. The summed E-state index contributed by atoms with van der Waals surface area (Å²) in [5.41, 5.74) is 7.49. The number of amides is 2. The molecule has 0 fully saturated rings. The predicted molar refractivity (Wildman–Crippen MR) is 157 cm³/mol. The molecule has 4 rings (SSSR count). The average molecular weight is 547 g/mol. The average Bonchev–Trinajstić information content (AvgIpc) is 3.26. The minimum Gasteiger partial charge on any atom is -0.443 e. The van der Waals surface area contributed by atoms with Crippen molar-refractivity contribution in [2.45, 2.75) is 53.7 Å². The maximum atomic E-state index is 14.0. The van der Waals surface area contributed by atoms with Crippen molar-refractivity contribution in [3.8, 4) is 21.7 Å². The molecule has 0 saturated heterocycles. The number of primary amides is 1. The molecule has 0 saturated carbocycles. The summed E-state index contributed by atoms with van der Waals surface area (Å²) in [6.07, 6.45) is -0.561. The van der Waals surface area contributed by atoms with Gasteiger partial charge in [0.05, 0.1) is 5.69 Å². The summed E-state index contributed by atoms with van der Waals surface area (Å²) in [5.74, 6) is 0.0612. The van der Waals surface area contributed by atoms with Gasteiger partial charge in [-0.1, -0.05) is 50.2 Å². The number of nitrogens with two attached hydrogens (primary N) is 1. The van der Waals surface area contributed by atoms with Gasteiger partial charge >= 0.3 is 6.09 Å². The quantitative estimate of drug-likeness (QED) is 0.309. The van der Waals surface area contributed by atoms with Crippen molar-refractivity contribution in [3.63, 3.8) is 0 Å². The molecule has 204 valence electrons. The van der Waals surface area contributed by atoms with Crippen LogP contribution in [0.15, 0.2) is 53.3 Å². The number of ether oxygens (including phenoxy) is 1. The number of pyridine rings is 1. The molecule has 2 heterocycles. The zero-order chi connectivity index (χ0) is 28.6. The second kappa shape index (κ2) is 10.6. The first kappa shape index (κ1) is 28.0. The first-order chi connectivity index (χ1) is 18.3. The van der Waals surface area contributed by atoms with Crippen LogP contribution in [-0.2, 0) is 11.3 Å². The Kier molecular flexibility index (Phi) is 7.66. The van der Waals surface area contributed by atoms with Gasteiger partial charge in [0.25, 0.3) is 11.5 Å². The molecule has 9 heteroatoms. The predicted octanol–water partition coefficient (Wildman–Crippen LogP) is 6.23. The van der Waals surface area contributed by atoms with Crippen molar-refractivity contribution in [2.75, 3.05) is 11.9 Å². The number of aryl methyl sites for hydroxylation is 1. The van der Waals surface area contributed by atoms with E-state index in [0.29, 0.717) is 38.7 Å². The molecular weight excluding hydrogens is 512 g/mol. The van der Waals surface area contributed by atoms with Crippen molar-refractivity contribution in [1.29, 1.82) is 0 Å². The Morgan fingerprint density at radius 1 is 1.08 bits per heavy atom. The number of aromatic nitrogens is 2. The zero-order valence-electron chi connectivity index (χ0n) is 23.4. The number of nitrogens with zero attached hydrogens (tertiary/aromatic N) is 3. The number of hydrogen-bond donors (Lipinski definition) is 1. The topological polar surface area (TPSA) is 108 Å². The standard InChI is InChI=1S/C30H34N4O4S/c1-17(2)16-34-27(33(7)29(37)38-30(4,5)6)23(19-11-9-8-10-12-19)22-15-20(13-14-21(22)28(34)36)26-32-18(3)24(39-26)25(31)35/h8-15,17H,16H2,1-7H3,(H2,31,35). The van der Waals surface area contributed by atoms with Crippen LogP contribution < -0.4 is 16.2 Å². The summed E-state index contributed by atoms with van der Waals surface area (Å²) in [6, 6.07) is 15.2. The molecule has 2 amide bonds. The van der Waals surface area contributed by atoms with Crippen molar-refractivity contribution < 1.29 is 14.3 Å². The van der Waals surface area contributed by atoms with Gasteiger partial charge in [-0.25, -0.2) is 9.78 Å². The Labute approximate surface area is 232 Å². The number of carbonyl (C=O) groups excluding carboxylic acids is 2.